The molecule has 7 heteroatoms. The van der Waals surface area contributed by atoms with Crippen molar-refractivity contribution in [3.63, 3.8) is 0 Å². The zero-order chi connectivity index (χ0) is 16.8. The molecule has 24 heavy (non-hydrogen) atoms. The van der Waals surface area contributed by atoms with Gasteiger partial charge in [-0.05, 0) is 41.4 Å². The second kappa shape index (κ2) is 7.90. The van der Waals surface area contributed by atoms with E-state index in [2.05, 4.69) is 15.0 Å². The standard InChI is InChI=1S/C17H12ClN3O2S/c18-15-19-16(23-14-8-6-12(10-22)7-9-14)21-17(20-15)24-11-13-4-2-1-3-5-13/h1-10H,11H2. The van der Waals surface area contributed by atoms with E-state index in [0.717, 1.165) is 11.8 Å². The molecule has 0 N–H and O–H groups in total. The summed E-state index contributed by atoms with van der Waals surface area (Å²) < 4.78 is 5.58. The van der Waals surface area contributed by atoms with Crippen LogP contribution in [0.3, 0.4) is 0 Å². The van der Waals surface area contributed by atoms with E-state index >= 15 is 0 Å². The van der Waals surface area contributed by atoms with Gasteiger partial charge in [-0.2, -0.15) is 15.0 Å². The van der Waals surface area contributed by atoms with Crippen molar-refractivity contribution in [3.05, 3.63) is 71.0 Å². The van der Waals surface area contributed by atoms with Gasteiger partial charge in [-0.3, -0.25) is 4.79 Å². The molecule has 5 nitrogen and oxygen atoms in total. The minimum Gasteiger partial charge on any atom is -0.424 e. The van der Waals surface area contributed by atoms with E-state index in [4.69, 9.17) is 16.3 Å². The number of thioether (sulfide) groups is 1. The Kier molecular flexibility index (Phi) is 5.40. The third-order valence-electron chi connectivity index (χ3n) is 3.00. The smallest absolute Gasteiger partial charge is 0.327 e. The molecule has 0 bridgehead atoms. The highest BCUT2D eigenvalue weighted by Crippen LogP contribution is 2.24. The Morgan fingerprint density at radius 3 is 2.46 bits per heavy atom. The average molecular weight is 358 g/mol. The van der Waals surface area contributed by atoms with Crippen LogP contribution in [0.25, 0.3) is 0 Å². The number of benzene rings is 2. The zero-order valence-electron chi connectivity index (χ0n) is 12.4. The molecule has 0 saturated carbocycles. The third kappa shape index (κ3) is 4.53. The van der Waals surface area contributed by atoms with Gasteiger partial charge in [0.25, 0.3) is 0 Å². The molecular weight excluding hydrogens is 346 g/mol. The Morgan fingerprint density at radius 2 is 1.75 bits per heavy atom. The summed E-state index contributed by atoms with van der Waals surface area (Å²) in [6, 6.07) is 16.7. The highest BCUT2D eigenvalue weighted by Gasteiger charge is 2.08. The number of nitrogens with zero attached hydrogens (tertiary/aromatic N) is 3. The van der Waals surface area contributed by atoms with Gasteiger partial charge >= 0.3 is 6.01 Å². The second-order valence-corrected chi connectivity index (χ2v) is 6.01. The fourth-order valence-electron chi connectivity index (χ4n) is 1.87. The largest absolute Gasteiger partial charge is 0.424 e. The van der Waals surface area contributed by atoms with Crippen LogP contribution in [0.1, 0.15) is 15.9 Å². The number of carbonyl (C=O) groups excluding carboxylic acids is 1. The molecule has 120 valence electrons. The van der Waals surface area contributed by atoms with Gasteiger partial charge in [-0.25, -0.2) is 0 Å². The number of hydrogen-bond acceptors (Lipinski definition) is 6. The molecule has 0 atom stereocenters. The van der Waals surface area contributed by atoms with Gasteiger partial charge in [0, 0.05) is 11.3 Å². The van der Waals surface area contributed by atoms with E-state index in [-0.39, 0.29) is 11.3 Å². The summed E-state index contributed by atoms with van der Waals surface area (Å²) in [4.78, 5) is 23.0. The van der Waals surface area contributed by atoms with Gasteiger partial charge < -0.3 is 4.74 Å². The molecule has 2 aromatic carbocycles. The maximum Gasteiger partial charge on any atom is 0.327 e. The van der Waals surface area contributed by atoms with Crippen molar-refractivity contribution >= 4 is 29.6 Å². The molecule has 0 spiro atoms. The molecule has 0 aliphatic rings. The molecule has 0 fully saturated rings. The van der Waals surface area contributed by atoms with E-state index in [1.807, 2.05) is 30.3 Å². The quantitative estimate of drug-likeness (QED) is 0.480. The van der Waals surface area contributed by atoms with Crippen molar-refractivity contribution in [1.29, 1.82) is 0 Å². The van der Waals surface area contributed by atoms with Crippen LogP contribution in [0.5, 0.6) is 11.8 Å². The molecule has 3 aromatic rings. The van der Waals surface area contributed by atoms with Crippen molar-refractivity contribution in [1.82, 2.24) is 15.0 Å². The van der Waals surface area contributed by atoms with E-state index < -0.39 is 0 Å². The lowest BCUT2D eigenvalue weighted by molar-refractivity contribution is 0.112. The monoisotopic (exact) mass is 357 g/mol. The van der Waals surface area contributed by atoms with Gasteiger partial charge in [-0.15, -0.1) is 0 Å². The summed E-state index contributed by atoms with van der Waals surface area (Å²) in [5.74, 6) is 1.23. The van der Waals surface area contributed by atoms with Crippen LogP contribution in [-0.4, -0.2) is 21.2 Å². The Bertz CT molecular complexity index is 829. The molecule has 0 aliphatic heterocycles. The molecule has 3 rings (SSSR count). The lowest BCUT2D eigenvalue weighted by Crippen LogP contribution is -1.97. The number of halogens is 1. The molecule has 1 heterocycles. The second-order valence-electron chi connectivity index (χ2n) is 4.73. The molecule has 0 radical (unpaired) electrons. The highest BCUT2D eigenvalue weighted by molar-refractivity contribution is 7.98. The van der Waals surface area contributed by atoms with Crippen molar-refractivity contribution in [2.75, 3.05) is 0 Å². The highest BCUT2D eigenvalue weighted by atomic mass is 35.5. The van der Waals surface area contributed by atoms with Crippen LogP contribution in [0.4, 0.5) is 0 Å². The summed E-state index contributed by atoms with van der Waals surface area (Å²) in [7, 11) is 0. The van der Waals surface area contributed by atoms with Crippen LogP contribution in [0.2, 0.25) is 5.28 Å². The number of aldehydes is 1. The molecule has 0 saturated heterocycles. The van der Waals surface area contributed by atoms with Crippen molar-refractivity contribution < 1.29 is 9.53 Å². The Labute approximate surface area is 148 Å². The summed E-state index contributed by atoms with van der Waals surface area (Å²) in [5, 5.41) is 0.554. The van der Waals surface area contributed by atoms with Gasteiger partial charge in [0.05, 0.1) is 0 Å². The average Bonchev–Trinajstić information content (AvgIpc) is 2.61. The predicted octanol–water partition coefficient (Wildman–Crippen LogP) is 4.42. The molecule has 1 aromatic heterocycles. The maximum atomic E-state index is 10.7. The fourth-order valence-corrected chi connectivity index (χ4v) is 2.85. The van der Waals surface area contributed by atoms with Gasteiger partial charge in [0.2, 0.25) is 5.28 Å². The first-order valence-electron chi connectivity index (χ1n) is 7.04. The van der Waals surface area contributed by atoms with Gasteiger partial charge in [0.1, 0.15) is 12.0 Å². The number of ether oxygens (including phenoxy) is 1. The summed E-state index contributed by atoms with van der Waals surface area (Å²) in [5.41, 5.74) is 1.72. The molecule has 0 amide bonds. The van der Waals surface area contributed by atoms with Crippen molar-refractivity contribution in [3.8, 4) is 11.8 Å². The summed E-state index contributed by atoms with van der Waals surface area (Å²) >= 11 is 7.39. The van der Waals surface area contributed by atoms with Gasteiger partial charge in [0.15, 0.2) is 5.16 Å². The van der Waals surface area contributed by atoms with Crippen molar-refractivity contribution in [2.45, 2.75) is 10.9 Å². The molecule has 0 unspecified atom stereocenters. The molecule has 0 aliphatic carbocycles. The van der Waals surface area contributed by atoms with Gasteiger partial charge in [-0.1, -0.05) is 42.1 Å². The Morgan fingerprint density at radius 1 is 1.00 bits per heavy atom. The van der Waals surface area contributed by atoms with E-state index in [9.17, 15) is 4.79 Å². The summed E-state index contributed by atoms with van der Waals surface area (Å²) in [6.07, 6.45) is 0.766. The predicted molar refractivity (Wildman–Crippen MR) is 92.7 cm³/mol. The van der Waals surface area contributed by atoms with Crippen LogP contribution in [-0.2, 0) is 5.75 Å². The Hall–Kier alpha value is -2.44. The number of aromatic nitrogens is 3. The summed E-state index contributed by atoms with van der Waals surface area (Å²) in [6.45, 7) is 0. The van der Waals surface area contributed by atoms with Crippen molar-refractivity contribution in [2.24, 2.45) is 0 Å². The number of rotatable bonds is 6. The topological polar surface area (TPSA) is 65.0 Å². The number of hydrogen-bond donors (Lipinski definition) is 0. The lowest BCUT2D eigenvalue weighted by atomic mass is 10.2. The lowest BCUT2D eigenvalue weighted by Gasteiger charge is -2.06. The first-order chi connectivity index (χ1) is 11.7. The van der Waals surface area contributed by atoms with Crippen LogP contribution in [0, 0.1) is 0 Å². The minimum atomic E-state index is 0.0695. The first-order valence-corrected chi connectivity index (χ1v) is 8.41. The normalized spacial score (nSPS) is 10.4. The van der Waals surface area contributed by atoms with E-state index in [1.165, 1.54) is 11.8 Å². The minimum absolute atomic E-state index is 0.0695. The van der Waals surface area contributed by atoms with Crippen LogP contribution in [0.15, 0.2) is 59.8 Å². The number of carbonyl (C=O) groups is 1. The van der Waals surface area contributed by atoms with Crippen LogP contribution >= 0.6 is 23.4 Å². The molecular formula is C17H12ClN3O2S. The van der Waals surface area contributed by atoms with E-state index in [0.29, 0.717) is 22.2 Å². The maximum absolute atomic E-state index is 10.7. The van der Waals surface area contributed by atoms with E-state index in [1.54, 1.807) is 24.3 Å². The third-order valence-corrected chi connectivity index (χ3v) is 4.09. The fraction of sp³-hybridized carbons (Fsp3) is 0.0588. The van der Waals surface area contributed by atoms with Crippen LogP contribution < -0.4 is 4.74 Å². The SMILES string of the molecule is O=Cc1ccc(Oc2nc(Cl)nc(SCc3ccccc3)n2)cc1. The first kappa shape index (κ1) is 16.4. The Balaban J connectivity index is 1.71. The zero-order valence-corrected chi connectivity index (χ0v) is 14.0.